The van der Waals surface area contributed by atoms with Crippen LogP contribution in [0.2, 0.25) is 0 Å². The summed E-state index contributed by atoms with van der Waals surface area (Å²) in [5, 5.41) is 19.5. The molecule has 0 heterocycles. The number of carbonyl (C=O) groups excluding carboxylic acids is 1. The van der Waals surface area contributed by atoms with Gasteiger partial charge in [-0.25, -0.2) is 0 Å². The number of aliphatic hydroxyl groups is 1. The van der Waals surface area contributed by atoms with E-state index in [1.807, 2.05) is 0 Å². The molecule has 0 spiro atoms. The number of nitro groups is 1. The van der Waals surface area contributed by atoms with E-state index in [0.29, 0.717) is 13.0 Å². The summed E-state index contributed by atoms with van der Waals surface area (Å²) in [6, 6.07) is 5.94. The first kappa shape index (κ1) is 15.1. The number of carbonyl (C=O) groups is 1. The highest BCUT2D eigenvalue weighted by Gasteiger charge is 2.21. The van der Waals surface area contributed by atoms with Crippen LogP contribution in [-0.2, 0) is 0 Å². The second-order valence-corrected chi connectivity index (χ2v) is 4.29. The van der Waals surface area contributed by atoms with Crippen molar-refractivity contribution in [2.24, 2.45) is 0 Å². The lowest BCUT2D eigenvalue weighted by Crippen LogP contribution is -2.28. The first-order valence-electron chi connectivity index (χ1n) is 6.17. The van der Waals surface area contributed by atoms with E-state index in [-0.39, 0.29) is 23.8 Å². The predicted octanol–water partition coefficient (Wildman–Crippen LogP) is 1.83. The Bertz CT molecular complexity index is 448. The van der Waals surface area contributed by atoms with Gasteiger partial charge in [0.1, 0.15) is 5.56 Å². The van der Waals surface area contributed by atoms with Crippen molar-refractivity contribution in [1.29, 1.82) is 0 Å². The smallest absolute Gasteiger partial charge is 0.282 e. The zero-order valence-electron chi connectivity index (χ0n) is 10.9. The highest BCUT2D eigenvalue weighted by Crippen LogP contribution is 2.19. The molecule has 1 rings (SSSR count). The molecule has 0 saturated heterocycles. The van der Waals surface area contributed by atoms with Crippen LogP contribution in [0.1, 0.15) is 29.6 Å². The zero-order chi connectivity index (χ0) is 14.3. The molecule has 6 nitrogen and oxygen atoms in total. The largest absolute Gasteiger partial charge is 0.396 e. The van der Waals surface area contributed by atoms with Crippen LogP contribution >= 0.6 is 0 Å². The van der Waals surface area contributed by atoms with Crippen molar-refractivity contribution >= 4 is 11.6 Å². The number of hydrogen-bond acceptors (Lipinski definition) is 4. The SMILES string of the molecule is CN(CCCCCO)C(=O)c1ccccc1[N+](=O)[O-]. The van der Waals surface area contributed by atoms with Crippen molar-refractivity contribution < 1.29 is 14.8 Å². The molecular formula is C13H18N2O4. The van der Waals surface area contributed by atoms with E-state index in [0.717, 1.165) is 12.8 Å². The highest BCUT2D eigenvalue weighted by molar-refractivity contribution is 5.97. The number of benzene rings is 1. The fourth-order valence-corrected chi connectivity index (χ4v) is 1.76. The van der Waals surface area contributed by atoms with Gasteiger partial charge >= 0.3 is 0 Å². The Kier molecular flexibility index (Phi) is 5.95. The quantitative estimate of drug-likeness (QED) is 0.463. The number of unbranched alkanes of at least 4 members (excludes halogenated alkanes) is 2. The summed E-state index contributed by atoms with van der Waals surface area (Å²) in [7, 11) is 1.62. The van der Waals surface area contributed by atoms with Gasteiger partial charge < -0.3 is 10.0 Å². The van der Waals surface area contributed by atoms with Crippen molar-refractivity contribution in [1.82, 2.24) is 4.90 Å². The van der Waals surface area contributed by atoms with Gasteiger partial charge in [0.15, 0.2) is 0 Å². The van der Waals surface area contributed by atoms with E-state index in [9.17, 15) is 14.9 Å². The lowest BCUT2D eigenvalue weighted by molar-refractivity contribution is -0.385. The van der Waals surface area contributed by atoms with Crippen LogP contribution in [-0.4, -0.2) is 41.0 Å². The number of nitrogens with zero attached hydrogens (tertiary/aromatic N) is 2. The molecule has 0 bridgehead atoms. The zero-order valence-corrected chi connectivity index (χ0v) is 10.9. The van der Waals surface area contributed by atoms with Crippen molar-refractivity contribution in [2.45, 2.75) is 19.3 Å². The highest BCUT2D eigenvalue weighted by atomic mass is 16.6. The van der Waals surface area contributed by atoms with Crippen LogP contribution in [0.25, 0.3) is 0 Å². The van der Waals surface area contributed by atoms with E-state index < -0.39 is 4.92 Å². The van der Waals surface area contributed by atoms with Crippen LogP contribution in [0.5, 0.6) is 0 Å². The van der Waals surface area contributed by atoms with Gasteiger partial charge in [-0.3, -0.25) is 14.9 Å². The number of rotatable bonds is 7. The van der Waals surface area contributed by atoms with E-state index in [4.69, 9.17) is 5.11 Å². The number of hydrogen-bond donors (Lipinski definition) is 1. The van der Waals surface area contributed by atoms with E-state index in [1.54, 1.807) is 13.1 Å². The Labute approximate surface area is 111 Å². The molecule has 0 aliphatic carbocycles. The maximum absolute atomic E-state index is 12.1. The molecule has 19 heavy (non-hydrogen) atoms. The predicted molar refractivity (Wildman–Crippen MR) is 71.0 cm³/mol. The maximum Gasteiger partial charge on any atom is 0.282 e. The van der Waals surface area contributed by atoms with Gasteiger partial charge in [0.05, 0.1) is 4.92 Å². The summed E-state index contributed by atoms with van der Waals surface area (Å²) in [6.07, 6.45) is 2.29. The molecule has 0 aromatic heterocycles. The fourth-order valence-electron chi connectivity index (χ4n) is 1.76. The average molecular weight is 266 g/mol. The topological polar surface area (TPSA) is 83.7 Å². The molecule has 1 aromatic carbocycles. The second-order valence-electron chi connectivity index (χ2n) is 4.29. The van der Waals surface area contributed by atoms with Gasteiger partial charge in [-0.2, -0.15) is 0 Å². The Morgan fingerprint density at radius 3 is 2.63 bits per heavy atom. The second kappa shape index (κ2) is 7.48. The molecule has 6 heteroatoms. The van der Waals surface area contributed by atoms with E-state index in [2.05, 4.69) is 0 Å². The number of aliphatic hydroxyl groups excluding tert-OH is 1. The van der Waals surface area contributed by atoms with Crippen LogP contribution in [0.3, 0.4) is 0 Å². The van der Waals surface area contributed by atoms with Crippen LogP contribution in [0, 0.1) is 10.1 Å². The summed E-state index contributed by atoms with van der Waals surface area (Å²) < 4.78 is 0. The summed E-state index contributed by atoms with van der Waals surface area (Å²) in [4.78, 5) is 23.9. The van der Waals surface area contributed by atoms with Gasteiger partial charge in [-0.15, -0.1) is 0 Å². The lowest BCUT2D eigenvalue weighted by atomic mass is 10.1. The van der Waals surface area contributed by atoms with Gasteiger partial charge in [-0.1, -0.05) is 12.1 Å². The van der Waals surface area contributed by atoms with Crippen LogP contribution < -0.4 is 0 Å². The van der Waals surface area contributed by atoms with Crippen molar-refractivity contribution in [3.05, 3.63) is 39.9 Å². The maximum atomic E-state index is 12.1. The van der Waals surface area contributed by atoms with E-state index in [1.165, 1.54) is 23.1 Å². The molecule has 0 unspecified atom stereocenters. The normalized spacial score (nSPS) is 10.2. The van der Waals surface area contributed by atoms with Gasteiger partial charge in [0, 0.05) is 26.3 Å². The first-order chi connectivity index (χ1) is 9.07. The fraction of sp³-hybridized carbons (Fsp3) is 0.462. The molecule has 0 aliphatic rings. The number of para-hydroxylation sites is 1. The molecule has 0 saturated carbocycles. The van der Waals surface area contributed by atoms with Crippen molar-refractivity contribution in [3.63, 3.8) is 0 Å². The third-order valence-corrected chi connectivity index (χ3v) is 2.83. The third-order valence-electron chi connectivity index (χ3n) is 2.83. The third kappa shape index (κ3) is 4.33. The molecule has 0 fully saturated rings. The van der Waals surface area contributed by atoms with Crippen LogP contribution in [0.4, 0.5) is 5.69 Å². The van der Waals surface area contributed by atoms with Crippen molar-refractivity contribution in [3.8, 4) is 0 Å². The minimum Gasteiger partial charge on any atom is -0.396 e. The number of nitro benzene ring substituents is 1. The van der Waals surface area contributed by atoms with Gasteiger partial charge in [0.25, 0.3) is 11.6 Å². The Morgan fingerprint density at radius 1 is 1.32 bits per heavy atom. The Morgan fingerprint density at radius 2 is 2.00 bits per heavy atom. The molecule has 1 amide bonds. The molecule has 1 aromatic rings. The molecular weight excluding hydrogens is 248 g/mol. The number of amides is 1. The monoisotopic (exact) mass is 266 g/mol. The Balaban J connectivity index is 2.69. The molecule has 0 radical (unpaired) electrons. The molecule has 1 N–H and O–H groups in total. The first-order valence-corrected chi connectivity index (χ1v) is 6.17. The molecule has 104 valence electrons. The van der Waals surface area contributed by atoms with Gasteiger partial charge in [0.2, 0.25) is 0 Å². The molecule has 0 atom stereocenters. The summed E-state index contributed by atoms with van der Waals surface area (Å²) in [6.45, 7) is 0.659. The molecule has 0 aliphatic heterocycles. The summed E-state index contributed by atoms with van der Waals surface area (Å²) >= 11 is 0. The lowest BCUT2D eigenvalue weighted by Gasteiger charge is -2.16. The van der Waals surface area contributed by atoms with Crippen LogP contribution in [0.15, 0.2) is 24.3 Å². The Hall–Kier alpha value is -1.95. The minimum atomic E-state index is -0.549. The van der Waals surface area contributed by atoms with E-state index >= 15 is 0 Å². The standard InChI is InChI=1S/C13H18N2O4/c1-14(9-5-2-6-10-16)13(17)11-7-3-4-8-12(11)15(18)19/h3-4,7-8,16H,2,5-6,9-10H2,1H3. The summed E-state index contributed by atoms with van der Waals surface area (Å²) in [5.41, 5.74) is -0.0631. The minimum absolute atomic E-state index is 0.108. The van der Waals surface area contributed by atoms with Crippen molar-refractivity contribution in [2.75, 3.05) is 20.2 Å². The average Bonchev–Trinajstić information content (AvgIpc) is 2.42. The summed E-state index contributed by atoms with van der Waals surface area (Å²) in [5.74, 6) is -0.351. The van der Waals surface area contributed by atoms with Gasteiger partial charge in [-0.05, 0) is 25.3 Å².